The highest BCUT2D eigenvalue weighted by atomic mass is 32.2. The molecule has 0 fully saturated rings. The van der Waals surface area contributed by atoms with Gasteiger partial charge in [-0.1, -0.05) is 42.1 Å². The van der Waals surface area contributed by atoms with Crippen molar-refractivity contribution in [2.75, 3.05) is 24.7 Å². The van der Waals surface area contributed by atoms with Crippen LogP contribution >= 0.6 is 11.8 Å². The average Bonchev–Trinajstić information content (AvgIpc) is 2.79. The summed E-state index contributed by atoms with van der Waals surface area (Å²) in [5.74, 6) is -0.490. The van der Waals surface area contributed by atoms with Crippen molar-refractivity contribution < 1.29 is 9.18 Å². The molecule has 0 aliphatic carbocycles. The molecule has 1 N–H and O–H groups in total. The van der Waals surface area contributed by atoms with Crippen molar-refractivity contribution in [1.82, 2.24) is 9.88 Å². The van der Waals surface area contributed by atoms with E-state index in [0.29, 0.717) is 16.3 Å². The number of nitriles is 1. The number of nitrogens with zero attached hydrogens (tertiary/aromatic N) is 3. The lowest BCUT2D eigenvalue weighted by molar-refractivity contribution is -0.113. The number of hydrogen-bond acceptors (Lipinski definition) is 5. The lowest BCUT2D eigenvalue weighted by atomic mass is 9.92. The lowest BCUT2D eigenvalue weighted by Gasteiger charge is -2.28. The van der Waals surface area contributed by atoms with E-state index in [9.17, 15) is 14.4 Å². The van der Waals surface area contributed by atoms with Crippen molar-refractivity contribution in [3.63, 3.8) is 0 Å². The molecule has 1 aliphatic heterocycles. The standard InChI is InChI=1S/C24H21FN4OS/c1-29-12-11-21-20(14-29)23(16-5-3-2-4-6-16)19(13-26)24(28-21)31-15-22(30)27-18-9-7-17(25)8-10-18/h2-10H,11-12,14-15H2,1H3,(H,27,30). The highest BCUT2D eigenvalue weighted by Gasteiger charge is 2.25. The Morgan fingerprint density at radius 3 is 2.68 bits per heavy atom. The molecule has 1 aromatic heterocycles. The smallest absolute Gasteiger partial charge is 0.234 e. The molecular weight excluding hydrogens is 411 g/mol. The van der Waals surface area contributed by atoms with Gasteiger partial charge in [0.2, 0.25) is 5.91 Å². The van der Waals surface area contributed by atoms with Gasteiger partial charge >= 0.3 is 0 Å². The lowest BCUT2D eigenvalue weighted by Crippen LogP contribution is -2.28. The number of benzene rings is 2. The van der Waals surface area contributed by atoms with E-state index in [0.717, 1.165) is 41.9 Å². The van der Waals surface area contributed by atoms with Crippen LogP contribution in [0.3, 0.4) is 0 Å². The number of amides is 1. The number of pyridine rings is 1. The van der Waals surface area contributed by atoms with Crippen LogP contribution in [-0.4, -0.2) is 35.1 Å². The van der Waals surface area contributed by atoms with Gasteiger partial charge in [0.05, 0.1) is 11.3 Å². The van der Waals surface area contributed by atoms with Gasteiger partial charge in [0.1, 0.15) is 16.9 Å². The molecular formula is C24H21FN4OS. The Bertz CT molecular complexity index is 1140. The number of likely N-dealkylation sites (N-methyl/N-ethyl adjacent to an activating group) is 1. The maximum absolute atomic E-state index is 13.1. The van der Waals surface area contributed by atoms with Crippen molar-refractivity contribution in [3.05, 3.63) is 77.2 Å². The normalized spacial score (nSPS) is 13.3. The number of nitrogens with one attached hydrogen (secondary N) is 1. The van der Waals surface area contributed by atoms with E-state index in [1.54, 1.807) is 0 Å². The van der Waals surface area contributed by atoms with Crippen LogP contribution < -0.4 is 5.32 Å². The van der Waals surface area contributed by atoms with Crippen LogP contribution in [-0.2, 0) is 17.8 Å². The van der Waals surface area contributed by atoms with Crippen molar-refractivity contribution in [2.24, 2.45) is 0 Å². The number of rotatable bonds is 5. The van der Waals surface area contributed by atoms with Crippen molar-refractivity contribution in [2.45, 2.75) is 18.0 Å². The van der Waals surface area contributed by atoms with Gasteiger partial charge < -0.3 is 10.2 Å². The molecule has 7 heteroatoms. The molecule has 4 rings (SSSR count). The molecule has 0 spiro atoms. The highest BCUT2D eigenvalue weighted by Crippen LogP contribution is 2.37. The molecule has 0 bridgehead atoms. The van der Waals surface area contributed by atoms with Crippen LogP contribution in [0.2, 0.25) is 0 Å². The first-order valence-corrected chi connectivity index (χ1v) is 10.9. The second kappa shape index (κ2) is 9.29. The van der Waals surface area contributed by atoms with Crippen LogP contribution in [0, 0.1) is 17.1 Å². The number of fused-ring (bicyclic) bond motifs is 1. The summed E-state index contributed by atoms with van der Waals surface area (Å²) in [5, 5.41) is 13.3. The van der Waals surface area contributed by atoms with E-state index in [1.165, 1.54) is 36.0 Å². The molecule has 0 unspecified atom stereocenters. The van der Waals surface area contributed by atoms with Crippen LogP contribution in [0.4, 0.5) is 10.1 Å². The maximum atomic E-state index is 13.1. The van der Waals surface area contributed by atoms with Crippen LogP contribution in [0.1, 0.15) is 16.8 Å². The Balaban J connectivity index is 1.64. The molecule has 2 heterocycles. The minimum atomic E-state index is -0.358. The minimum absolute atomic E-state index is 0.103. The van der Waals surface area contributed by atoms with E-state index in [4.69, 9.17) is 4.98 Å². The molecule has 0 atom stereocenters. The van der Waals surface area contributed by atoms with Gasteiger partial charge in [-0.15, -0.1) is 0 Å². The fraction of sp³-hybridized carbons (Fsp3) is 0.208. The zero-order valence-corrected chi connectivity index (χ0v) is 17.9. The number of thioether (sulfide) groups is 1. The molecule has 3 aromatic rings. The third-order valence-corrected chi connectivity index (χ3v) is 6.13. The molecule has 2 aromatic carbocycles. The summed E-state index contributed by atoms with van der Waals surface area (Å²) in [5.41, 5.74) is 4.97. The van der Waals surface area contributed by atoms with Gasteiger partial charge in [0.15, 0.2) is 0 Å². The van der Waals surface area contributed by atoms with Gasteiger partial charge in [-0.25, -0.2) is 9.37 Å². The summed E-state index contributed by atoms with van der Waals surface area (Å²) in [6, 6.07) is 17.8. The van der Waals surface area contributed by atoms with Gasteiger partial charge in [-0.3, -0.25) is 4.79 Å². The Kier molecular flexibility index (Phi) is 6.31. The number of anilines is 1. The van der Waals surface area contributed by atoms with E-state index in [2.05, 4.69) is 23.3 Å². The topological polar surface area (TPSA) is 69.0 Å². The summed E-state index contributed by atoms with van der Waals surface area (Å²) in [4.78, 5) is 19.4. The van der Waals surface area contributed by atoms with Crippen molar-refractivity contribution in [1.29, 1.82) is 5.26 Å². The van der Waals surface area contributed by atoms with E-state index >= 15 is 0 Å². The highest BCUT2D eigenvalue weighted by molar-refractivity contribution is 8.00. The monoisotopic (exact) mass is 432 g/mol. The molecule has 0 saturated heterocycles. The van der Waals surface area contributed by atoms with Gasteiger partial charge in [0.25, 0.3) is 0 Å². The van der Waals surface area contributed by atoms with Gasteiger partial charge in [-0.2, -0.15) is 5.26 Å². The largest absolute Gasteiger partial charge is 0.325 e. The van der Waals surface area contributed by atoms with Crippen LogP contribution in [0.5, 0.6) is 0 Å². The fourth-order valence-electron chi connectivity index (χ4n) is 3.67. The first kappa shape index (κ1) is 21.0. The zero-order valence-electron chi connectivity index (χ0n) is 17.1. The van der Waals surface area contributed by atoms with Crippen LogP contribution in [0.25, 0.3) is 11.1 Å². The second-order valence-electron chi connectivity index (χ2n) is 7.40. The summed E-state index contributed by atoms with van der Waals surface area (Å²) >= 11 is 1.25. The second-order valence-corrected chi connectivity index (χ2v) is 8.37. The number of carbonyl (C=O) groups is 1. The summed E-state index contributed by atoms with van der Waals surface area (Å²) in [6.07, 6.45) is 0.798. The molecule has 5 nitrogen and oxygen atoms in total. The summed E-state index contributed by atoms with van der Waals surface area (Å²) < 4.78 is 13.1. The first-order valence-electron chi connectivity index (χ1n) is 9.93. The number of halogens is 1. The summed E-state index contributed by atoms with van der Waals surface area (Å²) in [6.45, 7) is 1.63. The Labute approximate surface area is 184 Å². The fourth-order valence-corrected chi connectivity index (χ4v) is 4.47. The third-order valence-electron chi connectivity index (χ3n) is 5.15. The molecule has 0 saturated carbocycles. The minimum Gasteiger partial charge on any atom is -0.325 e. The molecule has 156 valence electrons. The van der Waals surface area contributed by atoms with Gasteiger partial charge in [0, 0.05) is 36.5 Å². The third kappa shape index (κ3) is 4.76. The SMILES string of the molecule is CN1CCc2nc(SCC(=O)Nc3ccc(F)cc3)c(C#N)c(-c3ccccc3)c2C1. The first-order chi connectivity index (χ1) is 15.0. The number of hydrogen-bond donors (Lipinski definition) is 1. The quantitative estimate of drug-likeness (QED) is 0.602. The molecule has 31 heavy (non-hydrogen) atoms. The predicted octanol–water partition coefficient (Wildman–Crippen LogP) is 4.48. The number of aromatic nitrogens is 1. The zero-order chi connectivity index (χ0) is 21.8. The molecule has 1 aliphatic rings. The Hall–Kier alpha value is -3.21. The Morgan fingerprint density at radius 2 is 1.97 bits per heavy atom. The summed E-state index contributed by atoms with van der Waals surface area (Å²) in [7, 11) is 2.06. The van der Waals surface area contributed by atoms with E-state index in [1.807, 2.05) is 30.3 Å². The van der Waals surface area contributed by atoms with Crippen molar-refractivity contribution in [3.8, 4) is 17.2 Å². The van der Waals surface area contributed by atoms with Crippen molar-refractivity contribution >= 4 is 23.4 Å². The van der Waals surface area contributed by atoms with Crippen LogP contribution in [0.15, 0.2) is 59.6 Å². The van der Waals surface area contributed by atoms with Gasteiger partial charge in [-0.05, 0) is 42.4 Å². The number of carbonyl (C=O) groups excluding carboxylic acids is 1. The Morgan fingerprint density at radius 1 is 1.23 bits per heavy atom. The average molecular weight is 433 g/mol. The molecule has 1 amide bonds. The maximum Gasteiger partial charge on any atom is 0.234 e. The van der Waals surface area contributed by atoms with E-state index < -0.39 is 0 Å². The molecule has 0 radical (unpaired) electrons. The van der Waals surface area contributed by atoms with E-state index in [-0.39, 0.29) is 17.5 Å². The predicted molar refractivity (Wildman–Crippen MR) is 120 cm³/mol.